The molecule has 4 aliphatic rings. The predicted molar refractivity (Wildman–Crippen MR) is 106 cm³/mol. The van der Waals surface area contributed by atoms with E-state index in [-0.39, 0.29) is 6.10 Å². The third kappa shape index (κ3) is 2.65. The molecule has 0 aromatic rings. The highest BCUT2D eigenvalue weighted by molar-refractivity contribution is 5.79. The van der Waals surface area contributed by atoms with E-state index in [1.807, 2.05) is 0 Å². The van der Waals surface area contributed by atoms with Gasteiger partial charge in [-0.3, -0.25) is 4.79 Å². The predicted octanol–water partition coefficient (Wildman–Crippen LogP) is 5.62. The molecule has 0 heterocycles. The van der Waals surface area contributed by atoms with E-state index in [1.165, 1.54) is 38.5 Å². The highest BCUT2D eigenvalue weighted by Gasteiger charge is 2.62. The number of hydrogen-bond donors (Lipinski definition) is 1. The number of ketones is 1. The SMILES string of the molecule is CCC[C@@H](C)[C@H]1CCC2[C@@H]3C(O)C[C@@H]4CC(=O)CC[C@]4(C)C3CC[C@@]21C. The Morgan fingerprint density at radius 2 is 1.85 bits per heavy atom. The van der Waals surface area contributed by atoms with Gasteiger partial charge < -0.3 is 5.11 Å². The second-order valence-corrected chi connectivity index (χ2v) is 11.0. The molecule has 3 unspecified atom stereocenters. The molecular formula is C24H40O2. The Kier molecular flexibility index (Phi) is 4.82. The van der Waals surface area contributed by atoms with Gasteiger partial charge >= 0.3 is 0 Å². The van der Waals surface area contributed by atoms with Gasteiger partial charge in [-0.15, -0.1) is 0 Å². The number of aliphatic hydroxyl groups is 1. The largest absolute Gasteiger partial charge is 0.393 e. The molecule has 4 fully saturated rings. The number of Topliss-reactive ketones (excluding diaryl/α,β-unsaturated/α-hetero) is 1. The van der Waals surface area contributed by atoms with Crippen LogP contribution in [0, 0.1) is 46.3 Å². The number of hydrogen-bond acceptors (Lipinski definition) is 2. The average molecular weight is 361 g/mol. The van der Waals surface area contributed by atoms with Crippen LogP contribution in [-0.2, 0) is 4.79 Å². The van der Waals surface area contributed by atoms with E-state index in [4.69, 9.17) is 0 Å². The van der Waals surface area contributed by atoms with Crippen LogP contribution in [0.1, 0.15) is 91.9 Å². The van der Waals surface area contributed by atoms with E-state index >= 15 is 0 Å². The van der Waals surface area contributed by atoms with Gasteiger partial charge in [0.15, 0.2) is 0 Å². The lowest BCUT2D eigenvalue weighted by atomic mass is 9.44. The van der Waals surface area contributed by atoms with E-state index < -0.39 is 0 Å². The van der Waals surface area contributed by atoms with Crippen LogP contribution >= 0.6 is 0 Å². The third-order valence-electron chi connectivity index (χ3n) is 10.0. The summed E-state index contributed by atoms with van der Waals surface area (Å²) >= 11 is 0. The van der Waals surface area contributed by atoms with Crippen molar-refractivity contribution < 1.29 is 9.90 Å². The Bertz CT molecular complexity index is 556. The van der Waals surface area contributed by atoms with Gasteiger partial charge in [-0.25, -0.2) is 0 Å². The van der Waals surface area contributed by atoms with Crippen LogP contribution in [0.2, 0.25) is 0 Å². The number of rotatable bonds is 3. The summed E-state index contributed by atoms with van der Waals surface area (Å²) < 4.78 is 0. The highest BCUT2D eigenvalue weighted by Crippen LogP contribution is 2.68. The first-order valence-electron chi connectivity index (χ1n) is 11.5. The Morgan fingerprint density at radius 3 is 2.58 bits per heavy atom. The molecule has 2 heteroatoms. The molecule has 26 heavy (non-hydrogen) atoms. The van der Waals surface area contributed by atoms with Crippen LogP contribution < -0.4 is 0 Å². The molecule has 148 valence electrons. The van der Waals surface area contributed by atoms with Gasteiger partial charge in [-0.1, -0.05) is 40.5 Å². The monoisotopic (exact) mass is 360 g/mol. The molecule has 1 N–H and O–H groups in total. The molecule has 0 aromatic heterocycles. The van der Waals surface area contributed by atoms with Crippen LogP contribution in [0.25, 0.3) is 0 Å². The van der Waals surface area contributed by atoms with Gasteiger partial charge in [-0.05, 0) is 84.9 Å². The molecule has 4 rings (SSSR count). The lowest BCUT2D eigenvalue weighted by Gasteiger charge is -2.62. The second-order valence-electron chi connectivity index (χ2n) is 11.0. The molecule has 9 atom stereocenters. The van der Waals surface area contributed by atoms with Gasteiger partial charge in [0.2, 0.25) is 0 Å². The second kappa shape index (κ2) is 6.61. The van der Waals surface area contributed by atoms with Gasteiger partial charge in [0.25, 0.3) is 0 Å². The Hall–Kier alpha value is -0.370. The third-order valence-corrected chi connectivity index (χ3v) is 10.0. The molecule has 0 saturated heterocycles. The van der Waals surface area contributed by atoms with Crippen LogP contribution in [0.5, 0.6) is 0 Å². The van der Waals surface area contributed by atoms with Crippen molar-refractivity contribution >= 4 is 5.78 Å². The smallest absolute Gasteiger partial charge is 0.133 e. The number of aliphatic hydroxyl groups excluding tert-OH is 1. The van der Waals surface area contributed by atoms with Crippen molar-refractivity contribution in [3.05, 3.63) is 0 Å². The van der Waals surface area contributed by atoms with Crippen molar-refractivity contribution in [2.24, 2.45) is 46.3 Å². The van der Waals surface area contributed by atoms with Crippen LogP contribution in [-0.4, -0.2) is 17.0 Å². The Balaban J connectivity index is 1.61. The van der Waals surface area contributed by atoms with Crippen molar-refractivity contribution in [2.75, 3.05) is 0 Å². The summed E-state index contributed by atoms with van der Waals surface area (Å²) in [6.07, 6.45) is 11.3. The number of fused-ring (bicyclic) bond motifs is 5. The maximum Gasteiger partial charge on any atom is 0.133 e. The van der Waals surface area contributed by atoms with Crippen LogP contribution in [0.3, 0.4) is 0 Å². The first kappa shape index (κ1) is 19.0. The summed E-state index contributed by atoms with van der Waals surface area (Å²) in [6, 6.07) is 0. The first-order valence-corrected chi connectivity index (χ1v) is 11.5. The zero-order valence-electron chi connectivity index (χ0n) is 17.5. The topological polar surface area (TPSA) is 37.3 Å². The van der Waals surface area contributed by atoms with E-state index in [1.54, 1.807) is 0 Å². The van der Waals surface area contributed by atoms with Crippen molar-refractivity contribution in [3.63, 3.8) is 0 Å². The minimum absolute atomic E-state index is 0.172. The van der Waals surface area contributed by atoms with E-state index in [0.717, 1.165) is 37.5 Å². The zero-order valence-corrected chi connectivity index (χ0v) is 17.5. The van der Waals surface area contributed by atoms with Gasteiger partial charge in [0.1, 0.15) is 5.78 Å². The van der Waals surface area contributed by atoms with E-state index in [2.05, 4.69) is 27.7 Å². The standard InChI is InChI=1S/C24H40O2/c1-5-6-15(2)18-7-8-19-22-20(10-12-24(18,19)4)23(3)11-9-17(25)13-16(23)14-21(22)26/h15-16,18-22,26H,5-14H2,1-4H3/t15-,16+,18-,19?,20?,21?,22+,23+,24-/m1/s1. The maximum atomic E-state index is 12.1. The van der Waals surface area contributed by atoms with Crippen LogP contribution in [0.4, 0.5) is 0 Å². The molecule has 0 radical (unpaired) electrons. The normalized spacial score (nSPS) is 52.1. The van der Waals surface area contributed by atoms with Crippen molar-refractivity contribution in [1.82, 2.24) is 0 Å². The molecule has 2 nitrogen and oxygen atoms in total. The minimum atomic E-state index is -0.172. The lowest BCUT2D eigenvalue weighted by Crippen LogP contribution is -2.58. The first-order chi connectivity index (χ1) is 12.3. The summed E-state index contributed by atoms with van der Waals surface area (Å²) in [7, 11) is 0. The van der Waals surface area contributed by atoms with E-state index in [0.29, 0.717) is 40.3 Å². The van der Waals surface area contributed by atoms with E-state index in [9.17, 15) is 9.90 Å². The average Bonchev–Trinajstić information content (AvgIpc) is 2.94. The molecule has 0 spiro atoms. The molecule has 0 aliphatic heterocycles. The van der Waals surface area contributed by atoms with Crippen LogP contribution in [0.15, 0.2) is 0 Å². The minimum Gasteiger partial charge on any atom is -0.393 e. The van der Waals surface area contributed by atoms with Crippen molar-refractivity contribution in [3.8, 4) is 0 Å². The molecule has 4 saturated carbocycles. The zero-order chi connectivity index (χ0) is 18.7. The molecule has 0 aromatic carbocycles. The van der Waals surface area contributed by atoms with Gasteiger partial charge in [-0.2, -0.15) is 0 Å². The summed E-state index contributed by atoms with van der Waals surface area (Å²) in [5.74, 6) is 4.37. The molecule has 4 aliphatic carbocycles. The number of carbonyl (C=O) groups excluding carboxylic acids is 1. The summed E-state index contributed by atoms with van der Waals surface area (Å²) in [5.41, 5.74) is 0.733. The molecule has 0 amide bonds. The van der Waals surface area contributed by atoms with Crippen molar-refractivity contribution in [2.45, 2.75) is 98.0 Å². The molecular weight excluding hydrogens is 320 g/mol. The maximum absolute atomic E-state index is 12.1. The highest BCUT2D eigenvalue weighted by atomic mass is 16.3. The van der Waals surface area contributed by atoms with Gasteiger partial charge in [0, 0.05) is 12.8 Å². The van der Waals surface area contributed by atoms with Gasteiger partial charge in [0.05, 0.1) is 6.10 Å². The molecule has 0 bridgehead atoms. The lowest BCUT2D eigenvalue weighted by molar-refractivity contribution is -0.168. The summed E-state index contributed by atoms with van der Waals surface area (Å²) in [6.45, 7) is 9.85. The quantitative estimate of drug-likeness (QED) is 0.709. The summed E-state index contributed by atoms with van der Waals surface area (Å²) in [5, 5.41) is 11.2. The number of carbonyl (C=O) groups is 1. The Labute approximate surface area is 160 Å². The Morgan fingerprint density at radius 1 is 1.12 bits per heavy atom. The fraction of sp³-hybridized carbons (Fsp3) is 0.958. The fourth-order valence-corrected chi connectivity index (χ4v) is 8.64. The fourth-order valence-electron chi connectivity index (χ4n) is 8.64. The summed E-state index contributed by atoms with van der Waals surface area (Å²) in [4.78, 5) is 12.1. The van der Waals surface area contributed by atoms with Crippen molar-refractivity contribution in [1.29, 1.82) is 0 Å².